The van der Waals surface area contributed by atoms with Gasteiger partial charge in [-0.3, -0.25) is 5.32 Å². The Labute approximate surface area is 244 Å². The number of nitrogens with zero attached hydrogens (tertiary/aromatic N) is 6. The van der Waals surface area contributed by atoms with Gasteiger partial charge in [-0.15, -0.1) is 5.10 Å². The number of nitrogens with one attached hydrogen (secondary N) is 3. The van der Waals surface area contributed by atoms with Gasteiger partial charge in [-0.05, 0) is 79.9 Å². The third-order valence-electron chi connectivity index (χ3n) is 7.38. The fraction of sp³-hybridized carbons (Fsp3) is 0.233. The highest BCUT2D eigenvalue weighted by Crippen LogP contribution is 2.38. The molecule has 1 saturated heterocycles. The average Bonchev–Trinajstić information content (AvgIpc) is 3.64. The normalized spacial score (nSPS) is 15.3. The Hall–Kier alpha value is -5.22. The number of fused-ring (bicyclic) bond motifs is 1. The first-order chi connectivity index (χ1) is 20.7. The summed E-state index contributed by atoms with van der Waals surface area (Å²) >= 11 is 0. The molecule has 2 aromatic carbocycles. The van der Waals surface area contributed by atoms with Crippen molar-refractivity contribution < 1.29 is 18.0 Å². The summed E-state index contributed by atoms with van der Waals surface area (Å²) in [5.74, 6) is 0.00615. The van der Waals surface area contributed by atoms with E-state index in [9.17, 15) is 23.2 Å². The van der Waals surface area contributed by atoms with E-state index >= 15 is 0 Å². The fourth-order valence-electron chi connectivity index (χ4n) is 5.30. The molecular weight excluding hydrogens is 559 g/mol. The van der Waals surface area contributed by atoms with Crippen molar-refractivity contribution in [3.63, 3.8) is 0 Å². The number of rotatable bonds is 5. The van der Waals surface area contributed by atoms with E-state index in [0.717, 1.165) is 31.5 Å². The van der Waals surface area contributed by atoms with Crippen LogP contribution in [-0.2, 0) is 6.18 Å². The topological polar surface area (TPSA) is 125 Å². The molecule has 3 N–H and O–H groups in total. The van der Waals surface area contributed by atoms with Gasteiger partial charge in [0.1, 0.15) is 0 Å². The number of pyridine rings is 1. The number of aromatic nitrogens is 5. The number of anilines is 1. The predicted octanol–water partition coefficient (Wildman–Crippen LogP) is 5.32. The van der Waals surface area contributed by atoms with E-state index in [2.05, 4.69) is 37.2 Å². The summed E-state index contributed by atoms with van der Waals surface area (Å²) in [5, 5.41) is 26.9. The zero-order valence-electron chi connectivity index (χ0n) is 23.0. The maximum absolute atomic E-state index is 13.7. The van der Waals surface area contributed by atoms with E-state index < -0.39 is 17.8 Å². The molecule has 0 bridgehead atoms. The van der Waals surface area contributed by atoms with Crippen LogP contribution in [0.4, 0.5) is 23.9 Å². The van der Waals surface area contributed by atoms with Gasteiger partial charge in [0.15, 0.2) is 5.65 Å². The Bertz CT molecular complexity index is 1850. The molecule has 5 aromatic rings. The maximum atomic E-state index is 13.7. The molecule has 3 aromatic heterocycles. The van der Waals surface area contributed by atoms with Crippen molar-refractivity contribution in [3.05, 3.63) is 83.7 Å². The molecule has 13 heteroatoms. The van der Waals surface area contributed by atoms with Gasteiger partial charge in [0.2, 0.25) is 0 Å². The van der Waals surface area contributed by atoms with E-state index in [0.29, 0.717) is 45.7 Å². The van der Waals surface area contributed by atoms with Crippen LogP contribution in [0.25, 0.3) is 33.7 Å². The van der Waals surface area contributed by atoms with Crippen molar-refractivity contribution in [1.29, 1.82) is 5.26 Å². The number of halogens is 3. The molecule has 1 atom stereocenters. The first-order valence-electron chi connectivity index (χ1n) is 13.6. The number of alkyl halides is 3. The van der Waals surface area contributed by atoms with Gasteiger partial charge in [0.25, 0.3) is 5.95 Å². The molecule has 0 spiro atoms. The molecule has 1 fully saturated rings. The van der Waals surface area contributed by atoms with Gasteiger partial charge in [-0.25, -0.2) is 14.0 Å². The highest BCUT2D eigenvalue weighted by molar-refractivity contribution is 5.90. The van der Waals surface area contributed by atoms with Crippen molar-refractivity contribution >= 4 is 17.6 Å². The second kappa shape index (κ2) is 11.2. The van der Waals surface area contributed by atoms with Crippen LogP contribution in [0.3, 0.4) is 0 Å². The number of urea groups is 1. The summed E-state index contributed by atoms with van der Waals surface area (Å²) in [6, 6.07) is 15.3. The molecular formula is C30H26F3N9O. The Morgan fingerprint density at radius 2 is 1.98 bits per heavy atom. The van der Waals surface area contributed by atoms with Crippen LogP contribution < -0.4 is 16.0 Å². The molecule has 43 heavy (non-hydrogen) atoms. The molecule has 1 aliphatic heterocycles. The largest absolute Gasteiger partial charge is 0.416 e. The average molecular weight is 586 g/mol. The number of amides is 2. The number of carbonyl (C=O) groups excluding carboxylic acids is 1. The minimum absolute atomic E-state index is 0.00615. The lowest BCUT2D eigenvalue weighted by molar-refractivity contribution is -0.137. The molecule has 1 unspecified atom stereocenters. The van der Waals surface area contributed by atoms with Crippen molar-refractivity contribution in [2.75, 3.05) is 18.4 Å². The summed E-state index contributed by atoms with van der Waals surface area (Å²) in [5.41, 5.74) is 3.30. The number of hydrogen-bond acceptors (Lipinski definition) is 6. The highest BCUT2D eigenvalue weighted by Gasteiger charge is 2.31. The summed E-state index contributed by atoms with van der Waals surface area (Å²) < 4.78 is 44.3. The molecule has 6 rings (SSSR count). The molecule has 1 aliphatic rings. The van der Waals surface area contributed by atoms with E-state index in [-0.39, 0.29) is 17.6 Å². The Morgan fingerprint density at radius 3 is 2.70 bits per heavy atom. The highest BCUT2D eigenvalue weighted by atomic mass is 19.4. The summed E-state index contributed by atoms with van der Waals surface area (Å²) in [6.07, 6.45) is 0.561. The van der Waals surface area contributed by atoms with E-state index in [1.54, 1.807) is 60.4 Å². The van der Waals surface area contributed by atoms with Gasteiger partial charge in [0.05, 0.1) is 34.8 Å². The van der Waals surface area contributed by atoms with Crippen LogP contribution >= 0.6 is 0 Å². The van der Waals surface area contributed by atoms with Crippen LogP contribution in [0.2, 0.25) is 0 Å². The second-order valence-electron chi connectivity index (χ2n) is 10.3. The minimum atomic E-state index is -4.54. The van der Waals surface area contributed by atoms with E-state index in [1.807, 2.05) is 0 Å². The Morgan fingerprint density at radius 1 is 1.16 bits per heavy atom. The predicted molar refractivity (Wildman–Crippen MR) is 153 cm³/mol. The zero-order chi connectivity index (χ0) is 30.1. The standard InChI is InChI=1S/C30H26F3N9O/c1-18-24(25-11-13-36-42(25)23-9-7-19(15-34)8-10-23)17-41-27(26(18)20-4-2-5-21(14-20)30(31,32)33)38-28(40-41)39-29(43)37-22-6-3-12-35-16-22/h2,4-5,7-11,13-14,17,22,35H,3,6,12,16H2,1H3,(H2,37,39,40,43). The third kappa shape index (κ3) is 5.64. The van der Waals surface area contributed by atoms with Crippen LogP contribution in [0.1, 0.15) is 29.5 Å². The van der Waals surface area contributed by atoms with Crippen molar-refractivity contribution in [3.8, 4) is 34.1 Å². The first-order valence-corrected chi connectivity index (χ1v) is 13.6. The molecule has 0 aliphatic carbocycles. The van der Waals surface area contributed by atoms with Gasteiger partial charge in [0, 0.05) is 29.9 Å². The van der Waals surface area contributed by atoms with Gasteiger partial charge in [-0.1, -0.05) is 12.1 Å². The SMILES string of the molecule is Cc1c(-c2ccnn2-c2ccc(C#N)cc2)cn2nc(NC(=O)NC3CCCNC3)nc2c1-c1cccc(C(F)(F)F)c1. The second-order valence-corrected chi connectivity index (χ2v) is 10.3. The van der Waals surface area contributed by atoms with Crippen molar-refractivity contribution in [1.82, 2.24) is 35.0 Å². The molecule has 2 amide bonds. The number of carbonyl (C=O) groups is 1. The van der Waals surface area contributed by atoms with Crippen LogP contribution in [-0.4, -0.2) is 49.5 Å². The minimum Gasteiger partial charge on any atom is -0.334 e. The Kier molecular flexibility index (Phi) is 7.29. The number of benzene rings is 2. The molecule has 0 saturated carbocycles. The van der Waals surface area contributed by atoms with E-state index in [4.69, 9.17) is 0 Å². The maximum Gasteiger partial charge on any atom is 0.416 e. The van der Waals surface area contributed by atoms with Gasteiger partial charge < -0.3 is 10.6 Å². The Balaban J connectivity index is 1.47. The monoisotopic (exact) mass is 585 g/mol. The first kappa shape index (κ1) is 27.9. The summed E-state index contributed by atoms with van der Waals surface area (Å²) in [6.45, 7) is 3.35. The molecule has 0 radical (unpaired) electrons. The quantitative estimate of drug-likeness (QED) is 0.256. The smallest absolute Gasteiger partial charge is 0.334 e. The lowest BCUT2D eigenvalue weighted by Gasteiger charge is -2.23. The molecule has 4 heterocycles. The van der Waals surface area contributed by atoms with Crippen LogP contribution in [0.5, 0.6) is 0 Å². The number of hydrogen-bond donors (Lipinski definition) is 3. The van der Waals surface area contributed by atoms with E-state index in [1.165, 1.54) is 10.6 Å². The number of nitriles is 1. The lowest BCUT2D eigenvalue weighted by atomic mass is 9.95. The summed E-state index contributed by atoms with van der Waals surface area (Å²) in [7, 11) is 0. The number of piperidine rings is 1. The van der Waals surface area contributed by atoms with Gasteiger partial charge >= 0.3 is 12.2 Å². The van der Waals surface area contributed by atoms with Crippen molar-refractivity contribution in [2.45, 2.75) is 32.0 Å². The third-order valence-corrected chi connectivity index (χ3v) is 7.38. The lowest BCUT2D eigenvalue weighted by Crippen LogP contribution is -2.47. The van der Waals surface area contributed by atoms with Crippen LogP contribution in [0.15, 0.2) is 67.0 Å². The zero-order valence-corrected chi connectivity index (χ0v) is 23.0. The van der Waals surface area contributed by atoms with Gasteiger partial charge in [-0.2, -0.15) is 28.5 Å². The van der Waals surface area contributed by atoms with Crippen molar-refractivity contribution in [2.24, 2.45) is 0 Å². The summed E-state index contributed by atoms with van der Waals surface area (Å²) in [4.78, 5) is 17.3. The van der Waals surface area contributed by atoms with Crippen LogP contribution in [0, 0.1) is 18.3 Å². The molecule has 218 valence electrons. The fourth-order valence-corrected chi connectivity index (χ4v) is 5.30. The molecule has 10 nitrogen and oxygen atoms in total.